The van der Waals surface area contributed by atoms with Crippen LogP contribution in [0.3, 0.4) is 0 Å². The topological polar surface area (TPSA) is 37.3 Å². The zero-order chi connectivity index (χ0) is 13.7. The summed E-state index contributed by atoms with van der Waals surface area (Å²) in [6, 6.07) is 13.3. The second-order valence-corrected chi connectivity index (χ2v) is 5.11. The molecule has 1 N–H and O–H groups in total. The van der Waals surface area contributed by atoms with Crippen molar-refractivity contribution in [2.45, 2.75) is 11.5 Å². The standard InChI is InChI=1S/C15H13FO2S/c16-14-7-3-12(4-8-14)10-19-9-11-1-5-13(6-2-11)15(17)18/h1-8H,9-10H2,(H,17,18). The molecule has 2 nitrogen and oxygen atoms in total. The van der Waals surface area contributed by atoms with Crippen LogP contribution in [0.4, 0.5) is 4.39 Å². The van der Waals surface area contributed by atoms with Crippen LogP contribution >= 0.6 is 11.8 Å². The van der Waals surface area contributed by atoms with E-state index in [0.717, 1.165) is 22.6 Å². The summed E-state index contributed by atoms with van der Waals surface area (Å²) < 4.78 is 12.7. The van der Waals surface area contributed by atoms with E-state index in [1.807, 2.05) is 12.1 Å². The Balaban J connectivity index is 1.85. The number of aromatic carboxylic acids is 1. The number of rotatable bonds is 5. The molecule has 0 atom stereocenters. The molecule has 0 radical (unpaired) electrons. The molecule has 19 heavy (non-hydrogen) atoms. The van der Waals surface area contributed by atoms with Crippen molar-refractivity contribution in [1.29, 1.82) is 0 Å². The Bertz CT molecular complexity index is 549. The van der Waals surface area contributed by atoms with Gasteiger partial charge in [0.25, 0.3) is 0 Å². The van der Waals surface area contributed by atoms with Crippen molar-refractivity contribution in [3.63, 3.8) is 0 Å². The van der Waals surface area contributed by atoms with E-state index < -0.39 is 5.97 Å². The summed E-state index contributed by atoms with van der Waals surface area (Å²) in [7, 11) is 0. The quantitative estimate of drug-likeness (QED) is 0.898. The molecule has 2 rings (SSSR count). The van der Waals surface area contributed by atoms with Crippen molar-refractivity contribution < 1.29 is 14.3 Å². The molecule has 2 aromatic carbocycles. The second kappa shape index (κ2) is 6.38. The van der Waals surface area contributed by atoms with E-state index in [-0.39, 0.29) is 5.82 Å². The van der Waals surface area contributed by atoms with Gasteiger partial charge >= 0.3 is 5.97 Å². The molecule has 0 heterocycles. The molecule has 0 saturated heterocycles. The molecule has 0 spiro atoms. The van der Waals surface area contributed by atoms with Crippen molar-refractivity contribution in [1.82, 2.24) is 0 Å². The van der Waals surface area contributed by atoms with Gasteiger partial charge in [-0.1, -0.05) is 24.3 Å². The Morgan fingerprint density at radius 2 is 1.42 bits per heavy atom. The molecular weight excluding hydrogens is 263 g/mol. The van der Waals surface area contributed by atoms with E-state index in [9.17, 15) is 9.18 Å². The van der Waals surface area contributed by atoms with Crippen molar-refractivity contribution in [3.8, 4) is 0 Å². The van der Waals surface area contributed by atoms with Crippen LogP contribution < -0.4 is 0 Å². The van der Waals surface area contributed by atoms with E-state index in [1.54, 1.807) is 36.0 Å². The minimum Gasteiger partial charge on any atom is -0.478 e. The minimum absolute atomic E-state index is 0.224. The zero-order valence-corrected chi connectivity index (χ0v) is 11.0. The predicted octanol–water partition coefficient (Wildman–Crippen LogP) is 3.96. The molecule has 0 aliphatic carbocycles. The monoisotopic (exact) mass is 276 g/mol. The van der Waals surface area contributed by atoms with Crippen molar-refractivity contribution in [2.24, 2.45) is 0 Å². The molecule has 0 amide bonds. The molecule has 0 bridgehead atoms. The summed E-state index contributed by atoms with van der Waals surface area (Å²) >= 11 is 1.71. The first-order valence-corrected chi connectivity index (χ1v) is 6.95. The summed E-state index contributed by atoms with van der Waals surface area (Å²) in [5.41, 5.74) is 2.46. The highest BCUT2D eigenvalue weighted by Gasteiger charge is 2.02. The SMILES string of the molecule is O=C(O)c1ccc(CSCc2ccc(F)cc2)cc1. The average Bonchev–Trinajstić information content (AvgIpc) is 2.41. The lowest BCUT2D eigenvalue weighted by atomic mass is 10.1. The van der Waals surface area contributed by atoms with Crippen molar-refractivity contribution >= 4 is 17.7 Å². The van der Waals surface area contributed by atoms with Crippen LogP contribution in [0.25, 0.3) is 0 Å². The highest BCUT2D eigenvalue weighted by molar-refractivity contribution is 7.97. The van der Waals surface area contributed by atoms with Gasteiger partial charge in [-0.2, -0.15) is 11.8 Å². The minimum atomic E-state index is -0.912. The molecule has 2 aromatic rings. The molecule has 0 unspecified atom stereocenters. The number of carboxylic acid groups (broad SMARTS) is 1. The summed E-state index contributed by atoms with van der Waals surface area (Å²) in [5, 5.41) is 8.79. The Morgan fingerprint density at radius 1 is 0.947 bits per heavy atom. The molecule has 0 fully saturated rings. The predicted molar refractivity (Wildman–Crippen MR) is 74.8 cm³/mol. The maximum atomic E-state index is 12.7. The largest absolute Gasteiger partial charge is 0.478 e. The highest BCUT2D eigenvalue weighted by Crippen LogP contribution is 2.18. The van der Waals surface area contributed by atoms with Gasteiger partial charge in [-0.05, 0) is 35.4 Å². The van der Waals surface area contributed by atoms with E-state index >= 15 is 0 Å². The number of carbonyl (C=O) groups is 1. The van der Waals surface area contributed by atoms with Crippen LogP contribution in [0.15, 0.2) is 48.5 Å². The van der Waals surface area contributed by atoms with E-state index in [1.165, 1.54) is 12.1 Å². The van der Waals surface area contributed by atoms with Gasteiger partial charge in [0.2, 0.25) is 0 Å². The van der Waals surface area contributed by atoms with Crippen LogP contribution in [0.2, 0.25) is 0 Å². The molecule has 0 aliphatic rings. The number of halogens is 1. The van der Waals surface area contributed by atoms with Crippen LogP contribution in [0, 0.1) is 5.82 Å². The lowest BCUT2D eigenvalue weighted by Crippen LogP contribution is -1.95. The van der Waals surface area contributed by atoms with Gasteiger partial charge < -0.3 is 5.11 Å². The van der Waals surface area contributed by atoms with Gasteiger partial charge in [-0.15, -0.1) is 0 Å². The van der Waals surface area contributed by atoms with Crippen LogP contribution in [-0.2, 0) is 11.5 Å². The van der Waals surface area contributed by atoms with Gasteiger partial charge in [0.15, 0.2) is 0 Å². The third-order valence-electron chi connectivity index (χ3n) is 2.65. The Kier molecular flexibility index (Phi) is 4.58. The van der Waals surface area contributed by atoms with E-state index in [0.29, 0.717) is 5.56 Å². The van der Waals surface area contributed by atoms with Gasteiger partial charge in [0.05, 0.1) is 5.56 Å². The first-order valence-electron chi connectivity index (χ1n) is 5.79. The molecule has 0 aliphatic heterocycles. The van der Waals surface area contributed by atoms with Gasteiger partial charge in [0.1, 0.15) is 5.82 Å². The summed E-state index contributed by atoms with van der Waals surface area (Å²) in [5.74, 6) is 0.474. The van der Waals surface area contributed by atoms with Crippen molar-refractivity contribution in [3.05, 3.63) is 71.0 Å². The average molecular weight is 276 g/mol. The summed E-state index contributed by atoms with van der Waals surface area (Å²) in [4.78, 5) is 10.7. The van der Waals surface area contributed by atoms with E-state index in [4.69, 9.17) is 5.11 Å². The highest BCUT2D eigenvalue weighted by atomic mass is 32.2. The fraction of sp³-hybridized carbons (Fsp3) is 0.133. The smallest absolute Gasteiger partial charge is 0.335 e. The van der Waals surface area contributed by atoms with Crippen LogP contribution in [0.1, 0.15) is 21.5 Å². The second-order valence-electron chi connectivity index (χ2n) is 4.12. The number of hydrogen-bond donors (Lipinski definition) is 1. The third-order valence-corrected chi connectivity index (χ3v) is 3.73. The maximum absolute atomic E-state index is 12.7. The lowest BCUT2D eigenvalue weighted by molar-refractivity contribution is 0.0697. The van der Waals surface area contributed by atoms with Crippen LogP contribution in [-0.4, -0.2) is 11.1 Å². The first kappa shape index (κ1) is 13.6. The number of thioether (sulfide) groups is 1. The molecule has 0 saturated carbocycles. The van der Waals surface area contributed by atoms with Gasteiger partial charge in [-0.25, -0.2) is 9.18 Å². The molecular formula is C15H13FO2S. The Morgan fingerprint density at radius 3 is 1.89 bits per heavy atom. The van der Waals surface area contributed by atoms with Gasteiger partial charge in [-0.3, -0.25) is 0 Å². The first-order chi connectivity index (χ1) is 9.15. The van der Waals surface area contributed by atoms with E-state index in [2.05, 4.69) is 0 Å². The van der Waals surface area contributed by atoms with Crippen LogP contribution in [0.5, 0.6) is 0 Å². The molecule has 4 heteroatoms. The Hall–Kier alpha value is -1.81. The molecule has 0 aromatic heterocycles. The van der Waals surface area contributed by atoms with Crippen molar-refractivity contribution in [2.75, 3.05) is 0 Å². The third kappa shape index (κ3) is 4.10. The van der Waals surface area contributed by atoms with Gasteiger partial charge in [0, 0.05) is 11.5 Å². The fourth-order valence-electron chi connectivity index (χ4n) is 1.61. The summed E-state index contributed by atoms with van der Waals surface area (Å²) in [6.07, 6.45) is 0. The lowest BCUT2D eigenvalue weighted by Gasteiger charge is -2.03. The fourth-order valence-corrected chi connectivity index (χ4v) is 2.57. The maximum Gasteiger partial charge on any atom is 0.335 e. The normalized spacial score (nSPS) is 10.4. The molecule has 98 valence electrons. The number of benzene rings is 2. The number of carboxylic acids is 1. The summed E-state index contributed by atoms with van der Waals surface area (Å²) in [6.45, 7) is 0. The Labute approximate surface area is 115 Å². The zero-order valence-electron chi connectivity index (χ0n) is 10.2. The number of hydrogen-bond acceptors (Lipinski definition) is 2.